The van der Waals surface area contributed by atoms with Gasteiger partial charge < -0.3 is 57.0 Å². The van der Waals surface area contributed by atoms with Gasteiger partial charge in [-0.2, -0.15) is 0 Å². The topological polar surface area (TPSA) is 262 Å². The quantitative estimate of drug-likeness (QED) is 0.0418. The maximum atomic E-state index is 13.7. The second-order valence-electron chi connectivity index (χ2n) is 18.2. The number of esters is 4. The number of methoxy groups -OCH3 is 6. The minimum atomic E-state index is -3.87. The van der Waals surface area contributed by atoms with E-state index in [0.29, 0.717) is 23.0 Å². The number of hydrogen-bond donors (Lipinski definition) is 2. The van der Waals surface area contributed by atoms with E-state index < -0.39 is 89.7 Å². The van der Waals surface area contributed by atoms with Crippen LogP contribution in [0.5, 0.6) is 17.2 Å². The zero-order chi connectivity index (χ0) is 58.8. The van der Waals surface area contributed by atoms with Crippen molar-refractivity contribution in [3.8, 4) is 17.2 Å². The van der Waals surface area contributed by atoms with Crippen molar-refractivity contribution in [3.63, 3.8) is 0 Å². The van der Waals surface area contributed by atoms with Crippen molar-refractivity contribution < 1.29 is 103 Å². The van der Waals surface area contributed by atoms with E-state index in [-0.39, 0.29) is 57.9 Å². The molecule has 448 valence electrons. The van der Waals surface area contributed by atoms with Gasteiger partial charge in [0.1, 0.15) is 29.1 Å². The molecule has 79 heavy (non-hydrogen) atoms. The molecule has 0 aliphatic carbocycles. The van der Waals surface area contributed by atoms with Gasteiger partial charge in [0.2, 0.25) is 5.78 Å². The van der Waals surface area contributed by atoms with Crippen LogP contribution in [-0.4, -0.2) is 128 Å². The van der Waals surface area contributed by atoms with E-state index in [1.807, 2.05) is 0 Å². The van der Waals surface area contributed by atoms with Crippen LogP contribution in [0.25, 0.3) is 6.08 Å². The lowest BCUT2D eigenvalue weighted by Crippen LogP contribution is -2.45. The van der Waals surface area contributed by atoms with Gasteiger partial charge in [-0.05, 0) is 122 Å². The van der Waals surface area contributed by atoms with E-state index >= 15 is 0 Å². The minimum absolute atomic E-state index is 0. The number of benzene rings is 3. The van der Waals surface area contributed by atoms with Gasteiger partial charge in [-0.15, -0.1) is 0 Å². The SMILES string of the molecule is C.C.C.COC(=O)/C(=C/c1ccc(OC)c(F)c1)CC(=O)OC(C)(C)C.COC(=O)C(Cc1ccc(OC)c(F)c1)NC(=O)OC(C)(C)C.COC(=O)C(NC(=O)OC(C)(C)C)P(=O)(OC)OC.COc1ccc(C=O)cc1F. The molecule has 0 radical (unpaired) electrons. The highest BCUT2D eigenvalue weighted by Crippen LogP contribution is 2.51. The highest BCUT2D eigenvalue weighted by Gasteiger charge is 2.43. The molecule has 25 heteroatoms. The second kappa shape index (κ2) is 36.8. The summed E-state index contributed by atoms with van der Waals surface area (Å²) in [6, 6.07) is 11.6. The number of aldehydes is 1. The largest absolute Gasteiger partial charge is 0.494 e. The third-order valence-electron chi connectivity index (χ3n) is 8.77. The van der Waals surface area contributed by atoms with Crippen LogP contribution in [0, 0.1) is 17.5 Å². The van der Waals surface area contributed by atoms with Crippen LogP contribution in [0.15, 0.2) is 60.2 Å². The van der Waals surface area contributed by atoms with Crippen molar-refractivity contribution in [1.82, 2.24) is 10.6 Å². The molecule has 3 aromatic rings. The molecule has 3 rings (SSSR count). The van der Waals surface area contributed by atoms with E-state index in [9.17, 15) is 51.3 Å². The van der Waals surface area contributed by atoms with Crippen LogP contribution in [0.1, 0.15) is 112 Å². The number of ether oxygens (including phenoxy) is 9. The lowest BCUT2D eigenvalue weighted by molar-refractivity contribution is -0.155. The lowest BCUT2D eigenvalue weighted by Gasteiger charge is -2.25. The predicted octanol–water partition coefficient (Wildman–Crippen LogP) is 10.6. The molecule has 0 heterocycles. The average Bonchev–Trinajstić information content (AvgIpc) is 3.33. The third kappa shape index (κ3) is 30.5. The van der Waals surface area contributed by atoms with Crippen molar-refractivity contribution in [3.05, 3.63) is 94.3 Å². The number of carbonyl (C=O) groups is 7. The number of carbonyl (C=O) groups excluding carboxylic acids is 7. The van der Waals surface area contributed by atoms with E-state index in [2.05, 4.69) is 38.6 Å². The van der Waals surface area contributed by atoms with Gasteiger partial charge in [-0.3, -0.25) is 19.5 Å². The third-order valence-corrected chi connectivity index (χ3v) is 10.8. The van der Waals surface area contributed by atoms with Crippen LogP contribution < -0.4 is 24.8 Å². The smallest absolute Gasteiger partial charge is 0.408 e. The first-order chi connectivity index (χ1) is 35.2. The van der Waals surface area contributed by atoms with Gasteiger partial charge >= 0.3 is 43.7 Å². The standard InChI is InChI=1S/C17H21FO5.C16H22FNO5.C10H20NO7P.C8H7FO2.3CH4/c1-17(2,3)23-15(19)10-12(16(20)22-5)8-11-6-7-14(21-4)13(18)9-11;1-16(2,3)23-15(20)18-12(14(19)22-5)9-10-6-7-13(21-4)11(17)8-10;1-10(2,3)18-9(13)11-7(8(12)15-4)19(14,16-5)17-6;1-11-8-3-2-6(5-10)4-7(8)9;;;/h6-9H,10H2,1-5H3;6-8,12H,9H2,1-5H3,(H,18,20);7H,1-6H3,(H,11,13);2-5H,1H3;3*1H4/b12-8+;;;;;;. The summed E-state index contributed by atoms with van der Waals surface area (Å²) in [6.45, 7) is 15.2. The lowest BCUT2D eigenvalue weighted by atomic mass is 10.1. The summed E-state index contributed by atoms with van der Waals surface area (Å²) >= 11 is 0. The van der Waals surface area contributed by atoms with Crippen molar-refractivity contribution in [1.29, 1.82) is 0 Å². The van der Waals surface area contributed by atoms with E-state index in [0.717, 1.165) is 27.4 Å². The molecule has 0 spiro atoms. The van der Waals surface area contributed by atoms with Gasteiger partial charge in [0.05, 0.1) is 49.1 Å². The molecule has 0 saturated heterocycles. The van der Waals surface area contributed by atoms with Gasteiger partial charge in [-0.25, -0.2) is 37.1 Å². The number of amides is 2. The summed E-state index contributed by atoms with van der Waals surface area (Å²) in [4.78, 5) is 80.6. The zero-order valence-electron chi connectivity index (χ0n) is 45.8. The zero-order valence-corrected chi connectivity index (χ0v) is 46.7. The molecule has 3 aromatic carbocycles. The first kappa shape index (κ1) is 78.3. The van der Waals surface area contributed by atoms with Crippen molar-refractivity contribution in [2.45, 2.75) is 126 Å². The Labute approximate surface area is 462 Å². The highest BCUT2D eigenvalue weighted by atomic mass is 31.2. The Morgan fingerprint density at radius 2 is 0.962 bits per heavy atom. The van der Waals surface area contributed by atoms with Gasteiger partial charge in [0.25, 0.3) is 0 Å². The summed E-state index contributed by atoms with van der Waals surface area (Å²) in [5.74, 6) is -5.73. The predicted molar refractivity (Wildman–Crippen MR) is 291 cm³/mol. The van der Waals surface area contributed by atoms with Crippen molar-refractivity contribution in [2.24, 2.45) is 0 Å². The monoisotopic (exact) mass is 1150 g/mol. The number of halogens is 3. The highest BCUT2D eigenvalue weighted by molar-refractivity contribution is 7.55. The van der Waals surface area contributed by atoms with Crippen LogP contribution in [0.3, 0.4) is 0 Å². The van der Waals surface area contributed by atoms with Gasteiger partial charge in [0.15, 0.2) is 34.7 Å². The van der Waals surface area contributed by atoms with Crippen LogP contribution in [0.2, 0.25) is 0 Å². The molecule has 2 atom stereocenters. The Bertz CT molecular complexity index is 2500. The fourth-order valence-corrected chi connectivity index (χ4v) is 6.71. The Hall–Kier alpha value is -7.17. The fourth-order valence-electron chi connectivity index (χ4n) is 5.52. The maximum absolute atomic E-state index is 13.7. The molecule has 2 N–H and O–H groups in total. The van der Waals surface area contributed by atoms with E-state index in [4.69, 9.17) is 23.7 Å². The summed E-state index contributed by atoms with van der Waals surface area (Å²) in [7, 11) is 5.91. The van der Waals surface area contributed by atoms with Crippen LogP contribution in [0.4, 0.5) is 22.8 Å². The molecule has 0 fully saturated rings. The molecule has 2 unspecified atom stereocenters. The molecular weight excluding hydrogens is 1070 g/mol. The molecule has 0 saturated carbocycles. The fraction of sp³-hybridized carbons (Fsp3) is 0.500. The molecule has 2 amide bonds. The second-order valence-corrected chi connectivity index (χ2v) is 20.5. The molecule has 0 bridgehead atoms. The first-order valence-corrected chi connectivity index (χ1v) is 24.1. The Balaban J connectivity index is -0.000000481. The summed E-state index contributed by atoms with van der Waals surface area (Å²) < 4.78 is 105. The Kier molecular flexibility index (Phi) is 36.5. The maximum Gasteiger partial charge on any atom is 0.408 e. The Morgan fingerprint density at radius 3 is 1.33 bits per heavy atom. The number of rotatable bonds is 17. The number of alkyl carbamates (subject to hydrolysis) is 2. The van der Waals surface area contributed by atoms with Crippen molar-refractivity contribution in [2.75, 3.05) is 56.9 Å². The van der Waals surface area contributed by atoms with Crippen LogP contribution in [-0.2, 0) is 67.6 Å². The summed E-state index contributed by atoms with van der Waals surface area (Å²) in [5.41, 5.74) is -0.826. The molecular formula is C54H82F3N2O19P. The first-order valence-electron chi connectivity index (χ1n) is 22.5. The van der Waals surface area contributed by atoms with Crippen LogP contribution >= 0.6 is 7.60 Å². The van der Waals surface area contributed by atoms with Crippen molar-refractivity contribution >= 4 is 56.0 Å². The summed E-state index contributed by atoms with van der Waals surface area (Å²) in [5, 5.41) is 4.55. The molecule has 0 aliphatic rings. The van der Waals surface area contributed by atoms with Gasteiger partial charge in [-0.1, -0.05) is 34.4 Å². The minimum Gasteiger partial charge on any atom is -0.494 e. The normalized spacial score (nSPS) is 11.6. The van der Waals surface area contributed by atoms with Gasteiger partial charge in [0, 0.05) is 31.8 Å². The Morgan fingerprint density at radius 1 is 0.557 bits per heavy atom. The van der Waals surface area contributed by atoms with E-state index in [1.54, 1.807) is 74.4 Å². The average molecular weight is 1150 g/mol. The summed E-state index contributed by atoms with van der Waals surface area (Å²) in [6.07, 6.45) is 0.0877. The van der Waals surface area contributed by atoms with E-state index in [1.165, 1.54) is 78.0 Å². The number of hydrogen-bond acceptors (Lipinski definition) is 19. The molecule has 21 nitrogen and oxygen atoms in total. The molecule has 0 aromatic heterocycles. The number of nitrogens with one attached hydrogen (secondary N) is 2. The molecule has 0 aliphatic heterocycles.